The van der Waals surface area contributed by atoms with Crippen LogP contribution in [0.3, 0.4) is 0 Å². The molecule has 130 valence electrons. The van der Waals surface area contributed by atoms with Crippen molar-refractivity contribution in [3.63, 3.8) is 0 Å². The molecule has 0 fully saturated rings. The van der Waals surface area contributed by atoms with Gasteiger partial charge in [-0.05, 0) is 23.6 Å². The van der Waals surface area contributed by atoms with Crippen LogP contribution in [-0.4, -0.2) is 26.0 Å². The monoisotopic (exact) mass is 346 g/mol. The largest absolute Gasteiger partial charge is 0.451 e. The molecule has 0 spiro atoms. The van der Waals surface area contributed by atoms with Crippen LogP contribution in [0.2, 0.25) is 0 Å². The maximum absolute atomic E-state index is 12.8. The summed E-state index contributed by atoms with van der Waals surface area (Å²) in [5, 5.41) is 1.18. The van der Waals surface area contributed by atoms with Crippen LogP contribution in [0.1, 0.15) is 22.6 Å². The van der Waals surface area contributed by atoms with E-state index < -0.39 is 12.0 Å². The zero-order valence-electron chi connectivity index (χ0n) is 13.7. The maximum atomic E-state index is 12.8. The molecule has 0 saturated carbocycles. The number of benzene rings is 1. The van der Waals surface area contributed by atoms with Gasteiger partial charge < -0.3 is 4.57 Å². The van der Waals surface area contributed by atoms with Gasteiger partial charge in [0.25, 0.3) is 0 Å². The van der Waals surface area contributed by atoms with E-state index in [1.165, 1.54) is 17.1 Å². The second-order valence-electron chi connectivity index (χ2n) is 6.41. The lowest BCUT2D eigenvalue weighted by atomic mass is 10.1. The summed E-state index contributed by atoms with van der Waals surface area (Å²) < 4.78 is 40.6. The number of aromatic nitrogens is 3. The molecule has 1 aromatic carbocycles. The fourth-order valence-corrected chi connectivity index (χ4v) is 3.42. The quantitative estimate of drug-likeness (QED) is 0.712. The van der Waals surface area contributed by atoms with Crippen molar-refractivity contribution in [2.75, 3.05) is 6.54 Å². The molecular weight excluding hydrogens is 329 g/mol. The average molecular weight is 346 g/mol. The summed E-state index contributed by atoms with van der Waals surface area (Å²) in [6, 6.07) is 8.14. The molecule has 1 aliphatic heterocycles. The highest BCUT2D eigenvalue weighted by atomic mass is 19.4. The van der Waals surface area contributed by atoms with E-state index in [1.807, 2.05) is 19.2 Å². The molecule has 7 heteroatoms. The standard InChI is InChI=1S/C18H17F3N4/c1-24-9-13(14-4-2-3-5-16(14)24)10-25-7-6-12-8-22-17(18(19,20)21)23-15(12)11-25/h2-5,8-9H,6-7,10-11H2,1H3. The molecule has 0 amide bonds. The van der Waals surface area contributed by atoms with Gasteiger partial charge in [-0.3, -0.25) is 4.90 Å². The van der Waals surface area contributed by atoms with Crippen molar-refractivity contribution in [2.24, 2.45) is 7.05 Å². The van der Waals surface area contributed by atoms with Gasteiger partial charge in [-0.1, -0.05) is 18.2 Å². The SMILES string of the molecule is Cn1cc(CN2CCc3cnc(C(F)(F)F)nc3C2)c2ccccc21. The Kier molecular flexibility index (Phi) is 3.76. The molecule has 3 heterocycles. The van der Waals surface area contributed by atoms with Crippen LogP contribution in [0.15, 0.2) is 36.7 Å². The first-order valence-corrected chi connectivity index (χ1v) is 8.09. The lowest BCUT2D eigenvalue weighted by Crippen LogP contribution is -2.31. The van der Waals surface area contributed by atoms with Crippen molar-refractivity contribution in [1.29, 1.82) is 0 Å². The van der Waals surface area contributed by atoms with Crippen molar-refractivity contribution in [2.45, 2.75) is 25.7 Å². The van der Waals surface area contributed by atoms with Gasteiger partial charge in [0.15, 0.2) is 0 Å². The van der Waals surface area contributed by atoms with Crippen LogP contribution in [0.25, 0.3) is 10.9 Å². The summed E-state index contributed by atoms with van der Waals surface area (Å²) in [6.07, 6.45) is -0.438. The normalized spacial score (nSPS) is 15.5. The van der Waals surface area contributed by atoms with E-state index >= 15 is 0 Å². The Balaban J connectivity index is 1.60. The molecule has 0 N–H and O–H groups in total. The predicted molar refractivity (Wildman–Crippen MR) is 87.8 cm³/mol. The van der Waals surface area contributed by atoms with Crippen molar-refractivity contribution in [1.82, 2.24) is 19.4 Å². The minimum absolute atomic E-state index is 0.407. The third kappa shape index (κ3) is 3.00. The fraction of sp³-hybridized carbons (Fsp3) is 0.333. The third-order valence-corrected chi connectivity index (χ3v) is 4.65. The Morgan fingerprint density at radius 2 is 2.00 bits per heavy atom. The number of halogens is 3. The van der Waals surface area contributed by atoms with Crippen molar-refractivity contribution in [3.05, 3.63) is 59.3 Å². The summed E-state index contributed by atoms with van der Waals surface area (Å²) in [5.41, 5.74) is 3.61. The Labute approximate surface area is 142 Å². The molecule has 0 radical (unpaired) electrons. The van der Waals surface area contributed by atoms with Crippen molar-refractivity contribution in [3.8, 4) is 0 Å². The van der Waals surface area contributed by atoms with Gasteiger partial charge in [-0.15, -0.1) is 0 Å². The summed E-state index contributed by atoms with van der Waals surface area (Å²) in [4.78, 5) is 9.36. The van der Waals surface area contributed by atoms with Gasteiger partial charge in [0, 0.05) is 50.0 Å². The summed E-state index contributed by atoms with van der Waals surface area (Å²) in [7, 11) is 2.00. The molecule has 4 nitrogen and oxygen atoms in total. The molecule has 0 unspecified atom stereocenters. The van der Waals surface area contributed by atoms with E-state index in [4.69, 9.17) is 0 Å². The van der Waals surface area contributed by atoms with Crippen LogP contribution in [0, 0.1) is 0 Å². The second-order valence-corrected chi connectivity index (χ2v) is 6.41. The second kappa shape index (κ2) is 5.84. The number of para-hydroxylation sites is 1. The zero-order chi connectivity index (χ0) is 17.6. The van der Waals surface area contributed by atoms with Crippen molar-refractivity contribution < 1.29 is 13.2 Å². The number of hydrogen-bond donors (Lipinski definition) is 0. The highest BCUT2D eigenvalue weighted by molar-refractivity contribution is 5.83. The smallest absolute Gasteiger partial charge is 0.350 e. The first-order valence-electron chi connectivity index (χ1n) is 8.09. The van der Waals surface area contributed by atoms with E-state index in [2.05, 4.69) is 37.8 Å². The highest BCUT2D eigenvalue weighted by Crippen LogP contribution is 2.29. The first kappa shape index (κ1) is 16.1. The minimum atomic E-state index is -4.51. The molecule has 2 aromatic heterocycles. The lowest BCUT2D eigenvalue weighted by Gasteiger charge is -2.27. The molecule has 1 aliphatic rings. The van der Waals surface area contributed by atoms with E-state index in [-0.39, 0.29) is 0 Å². The average Bonchev–Trinajstić information content (AvgIpc) is 2.90. The van der Waals surface area contributed by atoms with Crippen LogP contribution >= 0.6 is 0 Å². The number of rotatable bonds is 2. The minimum Gasteiger partial charge on any atom is -0.350 e. The number of fused-ring (bicyclic) bond motifs is 2. The Hall–Kier alpha value is -2.41. The molecule has 4 rings (SSSR count). The molecular formula is C18H17F3N4. The first-order chi connectivity index (χ1) is 11.9. The Bertz CT molecular complexity index is 930. The molecule has 0 aliphatic carbocycles. The van der Waals surface area contributed by atoms with Crippen molar-refractivity contribution >= 4 is 10.9 Å². The highest BCUT2D eigenvalue weighted by Gasteiger charge is 2.35. The lowest BCUT2D eigenvalue weighted by molar-refractivity contribution is -0.145. The molecule has 0 bridgehead atoms. The summed E-state index contributed by atoms with van der Waals surface area (Å²) in [6.45, 7) is 1.88. The van der Waals surface area contributed by atoms with Gasteiger partial charge in [0.05, 0.1) is 5.69 Å². The van der Waals surface area contributed by atoms with Gasteiger partial charge >= 0.3 is 6.18 Å². The van der Waals surface area contributed by atoms with Gasteiger partial charge in [0.2, 0.25) is 5.82 Å². The Morgan fingerprint density at radius 1 is 1.20 bits per heavy atom. The third-order valence-electron chi connectivity index (χ3n) is 4.65. The maximum Gasteiger partial charge on any atom is 0.451 e. The van der Waals surface area contributed by atoms with E-state index in [9.17, 15) is 13.2 Å². The van der Waals surface area contributed by atoms with Crippen LogP contribution in [-0.2, 0) is 32.7 Å². The number of alkyl halides is 3. The molecule has 25 heavy (non-hydrogen) atoms. The number of hydrogen-bond acceptors (Lipinski definition) is 3. The van der Waals surface area contributed by atoms with Crippen LogP contribution < -0.4 is 0 Å². The van der Waals surface area contributed by atoms with Crippen LogP contribution in [0.5, 0.6) is 0 Å². The Morgan fingerprint density at radius 3 is 2.80 bits per heavy atom. The molecule has 3 aromatic rings. The van der Waals surface area contributed by atoms with Gasteiger partial charge in [-0.25, -0.2) is 9.97 Å². The topological polar surface area (TPSA) is 34.0 Å². The van der Waals surface area contributed by atoms with Crippen LogP contribution in [0.4, 0.5) is 13.2 Å². The molecule has 0 saturated heterocycles. The van der Waals surface area contributed by atoms with E-state index in [1.54, 1.807) is 0 Å². The van der Waals surface area contributed by atoms with Gasteiger partial charge in [0.1, 0.15) is 0 Å². The fourth-order valence-electron chi connectivity index (χ4n) is 3.42. The predicted octanol–water partition coefficient (Wildman–Crippen LogP) is 3.55. The molecule has 0 atom stereocenters. The zero-order valence-corrected chi connectivity index (χ0v) is 13.7. The summed E-state index contributed by atoms with van der Waals surface area (Å²) >= 11 is 0. The van der Waals surface area contributed by atoms with Gasteiger partial charge in [-0.2, -0.15) is 13.2 Å². The van der Waals surface area contributed by atoms with E-state index in [0.29, 0.717) is 25.2 Å². The van der Waals surface area contributed by atoms with E-state index in [0.717, 1.165) is 17.6 Å². The number of aryl methyl sites for hydroxylation is 1. The number of nitrogens with zero attached hydrogens (tertiary/aromatic N) is 4. The summed E-state index contributed by atoms with van der Waals surface area (Å²) in [5.74, 6) is -1.06.